The van der Waals surface area contributed by atoms with Crippen molar-refractivity contribution in [3.8, 4) is 0 Å². The largest absolute Gasteiger partial charge is 0.352 e. The summed E-state index contributed by atoms with van der Waals surface area (Å²) in [5, 5.41) is 2.96. The Hall–Kier alpha value is -2.20. The Morgan fingerprint density at radius 2 is 1.81 bits per heavy atom. The Labute approximate surface area is 161 Å². The van der Waals surface area contributed by atoms with E-state index in [-0.39, 0.29) is 11.7 Å². The van der Waals surface area contributed by atoms with E-state index in [1.54, 1.807) is 12.1 Å². The van der Waals surface area contributed by atoms with Crippen molar-refractivity contribution in [3.63, 3.8) is 0 Å². The number of hydrogen-bond acceptors (Lipinski definition) is 2. The molecular weight excluding hydrogens is 339 g/mol. The minimum Gasteiger partial charge on any atom is -0.352 e. The third-order valence-electron chi connectivity index (χ3n) is 5.20. The molecule has 1 heterocycles. The van der Waals surface area contributed by atoms with Gasteiger partial charge in [0.1, 0.15) is 5.82 Å². The van der Waals surface area contributed by atoms with E-state index in [9.17, 15) is 9.18 Å². The smallest absolute Gasteiger partial charge is 0.251 e. The van der Waals surface area contributed by atoms with Crippen molar-refractivity contribution in [1.29, 1.82) is 0 Å². The maximum atomic E-state index is 12.9. The summed E-state index contributed by atoms with van der Waals surface area (Å²) in [6, 6.07) is 14.5. The van der Waals surface area contributed by atoms with E-state index in [2.05, 4.69) is 29.3 Å². The quantitative estimate of drug-likeness (QED) is 0.734. The minimum atomic E-state index is -0.217. The topological polar surface area (TPSA) is 32.3 Å². The highest BCUT2D eigenvalue weighted by Gasteiger charge is 2.16. The highest BCUT2D eigenvalue weighted by molar-refractivity contribution is 5.94. The molecule has 1 amide bonds. The molecule has 0 bridgehead atoms. The first kappa shape index (κ1) is 19.6. The number of halogens is 1. The van der Waals surface area contributed by atoms with Crippen LogP contribution in [-0.2, 0) is 13.0 Å². The van der Waals surface area contributed by atoms with Crippen LogP contribution in [0.2, 0.25) is 0 Å². The molecule has 1 atom stereocenters. The molecule has 0 aromatic heterocycles. The lowest BCUT2D eigenvalue weighted by molar-refractivity contribution is 0.0953. The fourth-order valence-corrected chi connectivity index (χ4v) is 3.70. The van der Waals surface area contributed by atoms with E-state index < -0.39 is 0 Å². The van der Waals surface area contributed by atoms with E-state index in [1.807, 2.05) is 12.1 Å². The van der Waals surface area contributed by atoms with Gasteiger partial charge >= 0.3 is 0 Å². The summed E-state index contributed by atoms with van der Waals surface area (Å²) in [4.78, 5) is 14.8. The third-order valence-corrected chi connectivity index (χ3v) is 5.20. The number of aryl methyl sites for hydroxylation is 1. The lowest BCUT2D eigenvalue weighted by atomic mass is 9.99. The Bertz CT molecular complexity index is 727. The average Bonchev–Trinajstić information content (AvgIpc) is 2.67. The van der Waals surface area contributed by atoms with Gasteiger partial charge in [0, 0.05) is 25.2 Å². The monoisotopic (exact) mass is 368 g/mol. The lowest BCUT2D eigenvalue weighted by Crippen LogP contribution is -2.33. The SMILES string of the molecule is C[C@H]1CCCN(Cc2ccc(C(=O)NCCCc3ccc(F)cc3)cc2)C1. The van der Waals surface area contributed by atoms with E-state index >= 15 is 0 Å². The van der Waals surface area contributed by atoms with Gasteiger partial charge in [-0.25, -0.2) is 4.39 Å². The zero-order valence-electron chi connectivity index (χ0n) is 16.1. The van der Waals surface area contributed by atoms with Gasteiger partial charge in [-0.05, 0) is 73.5 Å². The molecule has 0 aliphatic carbocycles. The van der Waals surface area contributed by atoms with Gasteiger partial charge in [0.15, 0.2) is 0 Å². The van der Waals surface area contributed by atoms with Gasteiger partial charge in [-0.15, -0.1) is 0 Å². The second-order valence-electron chi connectivity index (χ2n) is 7.67. The van der Waals surface area contributed by atoms with Crippen molar-refractivity contribution in [3.05, 3.63) is 71.0 Å². The van der Waals surface area contributed by atoms with Crippen molar-refractivity contribution in [2.24, 2.45) is 5.92 Å². The summed E-state index contributed by atoms with van der Waals surface area (Å²) < 4.78 is 12.9. The predicted molar refractivity (Wildman–Crippen MR) is 107 cm³/mol. The molecule has 0 unspecified atom stereocenters. The van der Waals surface area contributed by atoms with Gasteiger partial charge in [0.25, 0.3) is 5.91 Å². The molecule has 2 aromatic carbocycles. The normalized spacial score (nSPS) is 17.6. The molecule has 0 spiro atoms. The van der Waals surface area contributed by atoms with Crippen LogP contribution in [0.15, 0.2) is 48.5 Å². The van der Waals surface area contributed by atoms with Crippen molar-refractivity contribution in [2.45, 2.75) is 39.2 Å². The van der Waals surface area contributed by atoms with E-state index in [0.717, 1.165) is 37.4 Å². The first-order valence-electron chi connectivity index (χ1n) is 9.94. The second-order valence-corrected chi connectivity index (χ2v) is 7.67. The number of nitrogens with one attached hydrogen (secondary N) is 1. The number of rotatable bonds is 7. The average molecular weight is 368 g/mol. The Morgan fingerprint density at radius 3 is 2.52 bits per heavy atom. The van der Waals surface area contributed by atoms with Crippen molar-refractivity contribution < 1.29 is 9.18 Å². The van der Waals surface area contributed by atoms with E-state index in [1.165, 1.54) is 37.1 Å². The van der Waals surface area contributed by atoms with Gasteiger partial charge in [-0.2, -0.15) is 0 Å². The molecule has 3 nitrogen and oxygen atoms in total. The molecule has 2 aromatic rings. The van der Waals surface area contributed by atoms with Crippen LogP contribution in [0, 0.1) is 11.7 Å². The van der Waals surface area contributed by atoms with Crippen LogP contribution >= 0.6 is 0 Å². The molecule has 27 heavy (non-hydrogen) atoms. The number of benzene rings is 2. The summed E-state index contributed by atoms with van der Waals surface area (Å²) in [6.07, 6.45) is 4.27. The first-order chi connectivity index (χ1) is 13.1. The number of carbonyl (C=O) groups excluding carboxylic acids is 1. The van der Waals surface area contributed by atoms with Crippen molar-refractivity contribution >= 4 is 5.91 Å². The lowest BCUT2D eigenvalue weighted by Gasteiger charge is -2.30. The van der Waals surface area contributed by atoms with Crippen LogP contribution in [0.4, 0.5) is 4.39 Å². The zero-order valence-corrected chi connectivity index (χ0v) is 16.1. The van der Waals surface area contributed by atoms with Crippen molar-refractivity contribution in [2.75, 3.05) is 19.6 Å². The molecule has 1 saturated heterocycles. The van der Waals surface area contributed by atoms with Crippen LogP contribution in [0.5, 0.6) is 0 Å². The molecule has 1 aliphatic rings. The van der Waals surface area contributed by atoms with E-state index in [0.29, 0.717) is 12.1 Å². The molecule has 1 fully saturated rings. The van der Waals surface area contributed by atoms with Gasteiger partial charge in [0.05, 0.1) is 0 Å². The maximum absolute atomic E-state index is 12.9. The number of amides is 1. The molecule has 1 N–H and O–H groups in total. The van der Waals surface area contributed by atoms with Gasteiger partial charge in [-0.3, -0.25) is 9.69 Å². The Balaban J connectivity index is 1.41. The van der Waals surface area contributed by atoms with Crippen LogP contribution in [0.25, 0.3) is 0 Å². The fraction of sp³-hybridized carbons (Fsp3) is 0.435. The Kier molecular flexibility index (Phi) is 6.99. The number of carbonyl (C=O) groups is 1. The van der Waals surface area contributed by atoms with Gasteiger partial charge in [0.2, 0.25) is 0 Å². The fourth-order valence-electron chi connectivity index (χ4n) is 3.70. The summed E-state index contributed by atoms with van der Waals surface area (Å²) in [6.45, 7) is 6.22. The number of hydrogen-bond donors (Lipinski definition) is 1. The molecule has 0 saturated carbocycles. The van der Waals surface area contributed by atoms with Crippen LogP contribution in [0.3, 0.4) is 0 Å². The van der Waals surface area contributed by atoms with E-state index in [4.69, 9.17) is 0 Å². The molecule has 144 valence electrons. The highest BCUT2D eigenvalue weighted by atomic mass is 19.1. The Morgan fingerprint density at radius 1 is 1.11 bits per heavy atom. The molecule has 1 aliphatic heterocycles. The summed E-state index contributed by atoms with van der Waals surface area (Å²) in [7, 11) is 0. The van der Waals surface area contributed by atoms with Crippen molar-refractivity contribution in [1.82, 2.24) is 10.2 Å². The summed E-state index contributed by atoms with van der Waals surface area (Å²) in [5.74, 6) is 0.524. The van der Waals surface area contributed by atoms with Gasteiger partial charge < -0.3 is 5.32 Å². The van der Waals surface area contributed by atoms with Crippen LogP contribution in [0.1, 0.15) is 47.7 Å². The number of likely N-dealkylation sites (tertiary alicyclic amines) is 1. The molecular formula is C23H29FN2O. The highest BCUT2D eigenvalue weighted by Crippen LogP contribution is 2.18. The predicted octanol–water partition coefficient (Wildman–Crippen LogP) is 4.42. The number of piperidine rings is 1. The summed E-state index contributed by atoms with van der Waals surface area (Å²) >= 11 is 0. The maximum Gasteiger partial charge on any atom is 0.251 e. The second kappa shape index (κ2) is 9.65. The summed E-state index contributed by atoms with van der Waals surface area (Å²) in [5.41, 5.74) is 3.05. The number of nitrogens with zero attached hydrogens (tertiary/aromatic N) is 1. The standard InChI is InChI=1S/C23H29FN2O/c1-18-4-3-15-26(16-18)17-20-6-10-21(11-7-20)23(27)25-14-2-5-19-8-12-22(24)13-9-19/h6-13,18H,2-5,14-17H2,1H3,(H,25,27)/t18-/m0/s1. The zero-order chi connectivity index (χ0) is 19.1. The third kappa shape index (κ3) is 6.17. The molecule has 0 radical (unpaired) electrons. The van der Waals surface area contributed by atoms with Crippen LogP contribution < -0.4 is 5.32 Å². The van der Waals surface area contributed by atoms with Crippen LogP contribution in [-0.4, -0.2) is 30.4 Å². The minimum absolute atomic E-state index is 0.0350. The van der Waals surface area contributed by atoms with Gasteiger partial charge in [-0.1, -0.05) is 31.2 Å². The first-order valence-corrected chi connectivity index (χ1v) is 9.94. The molecule has 3 rings (SSSR count). The molecule has 4 heteroatoms.